The molecule has 2 aliphatic rings. The van der Waals surface area contributed by atoms with Gasteiger partial charge in [0.2, 0.25) is 5.91 Å². The van der Waals surface area contributed by atoms with E-state index in [4.69, 9.17) is 11.6 Å². The number of hydrogen-bond acceptors (Lipinski definition) is 4. The molecule has 1 saturated heterocycles. The van der Waals surface area contributed by atoms with E-state index in [1.807, 2.05) is 7.05 Å². The minimum Gasteiger partial charge on any atom is -0.477 e. The summed E-state index contributed by atoms with van der Waals surface area (Å²) >= 11 is 6.19. The Morgan fingerprint density at radius 2 is 1.90 bits per heavy atom. The molecule has 0 atom stereocenters. The third-order valence-electron chi connectivity index (χ3n) is 5.65. The first-order valence-electron chi connectivity index (χ1n) is 9.78. The van der Waals surface area contributed by atoms with Gasteiger partial charge in [-0.15, -0.1) is 0 Å². The van der Waals surface area contributed by atoms with Crippen molar-refractivity contribution < 1.29 is 19.5 Å². The van der Waals surface area contributed by atoms with Gasteiger partial charge in [-0.1, -0.05) is 29.8 Å². The van der Waals surface area contributed by atoms with Gasteiger partial charge < -0.3 is 19.5 Å². The number of aromatic nitrogens is 1. The van der Waals surface area contributed by atoms with E-state index in [1.165, 1.54) is 4.57 Å². The molecule has 1 aliphatic heterocycles. The lowest BCUT2D eigenvalue weighted by atomic mass is 9.93. The third-order valence-corrected chi connectivity index (χ3v) is 5.88. The summed E-state index contributed by atoms with van der Waals surface area (Å²) in [6, 6.07) is 5.02. The molecule has 7 nitrogen and oxygen atoms in total. The third kappa shape index (κ3) is 3.66. The van der Waals surface area contributed by atoms with Crippen LogP contribution in [-0.4, -0.2) is 70.4 Å². The van der Waals surface area contributed by atoms with Crippen molar-refractivity contribution in [3.05, 3.63) is 52.7 Å². The Labute approximate surface area is 178 Å². The highest BCUT2D eigenvalue weighted by Gasteiger charge is 2.30. The summed E-state index contributed by atoms with van der Waals surface area (Å²) < 4.78 is 1.50. The summed E-state index contributed by atoms with van der Waals surface area (Å²) in [5, 5.41) is 11.0. The number of carbonyl (C=O) groups is 3. The van der Waals surface area contributed by atoms with Gasteiger partial charge in [-0.05, 0) is 25.2 Å². The average Bonchev–Trinajstić information content (AvgIpc) is 3.02. The SMILES string of the molecule is CN1CCN(C(=O)Cn2c(C(=O)O)c(C3=CC=CCC3=O)c3cc(Cl)ccc32)CC1. The molecule has 30 heavy (non-hydrogen) atoms. The Balaban J connectivity index is 1.85. The number of carboxylic acid groups (broad SMARTS) is 1. The molecule has 2 heterocycles. The highest BCUT2D eigenvalue weighted by Crippen LogP contribution is 2.35. The van der Waals surface area contributed by atoms with Gasteiger partial charge in [-0.25, -0.2) is 4.79 Å². The van der Waals surface area contributed by atoms with Crippen LogP contribution in [0.1, 0.15) is 22.5 Å². The van der Waals surface area contributed by atoms with E-state index in [9.17, 15) is 19.5 Å². The number of ketones is 1. The molecule has 1 aliphatic carbocycles. The first-order valence-corrected chi connectivity index (χ1v) is 10.2. The molecule has 0 bridgehead atoms. The van der Waals surface area contributed by atoms with Crippen molar-refractivity contribution in [2.75, 3.05) is 33.2 Å². The zero-order valence-electron chi connectivity index (χ0n) is 16.6. The van der Waals surface area contributed by atoms with Crippen LogP contribution in [0.2, 0.25) is 5.02 Å². The highest BCUT2D eigenvalue weighted by molar-refractivity contribution is 6.32. The molecule has 1 fully saturated rings. The number of aromatic carboxylic acids is 1. The maximum absolute atomic E-state index is 13.0. The summed E-state index contributed by atoms with van der Waals surface area (Å²) in [6.07, 6.45) is 5.31. The molecule has 0 saturated carbocycles. The zero-order chi connectivity index (χ0) is 21.4. The Kier molecular flexibility index (Phi) is 5.49. The van der Waals surface area contributed by atoms with Crippen LogP contribution < -0.4 is 0 Å². The Hall–Kier alpha value is -2.90. The number of amides is 1. The van der Waals surface area contributed by atoms with Crippen molar-refractivity contribution in [1.29, 1.82) is 0 Å². The fraction of sp³-hybridized carbons (Fsp3) is 0.318. The lowest BCUT2D eigenvalue weighted by Crippen LogP contribution is -2.48. The van der Waals surface area contributed by atoms with Gasteiger partial charge in [0.15, 0.2) is 5.78 Å². The Morgan fingerprint density at radius 1 is 1.17 bits per heavy atom. The monoisotopic (exact) mass is 427 g/mol. The predicted molar refractivity (Wildman–Crippen MR) is 115 cm³/mol. The lowest BCUT2D eigenvalue weighted by Gasteiger charge is -2.32. The van der Waals surface area contributed by atoms with Crippen LogP contribution in [0.3, 0.4) is 0 Å². The normalized spacial score (nSPS) is 17.5. The fourth-order valence-electron chi connectivity index (χ4n) is 4.04. The van der Waals surface area contributed by atoms with Crippen LogP contribution in [-0.2, 0) is 16.1 Å². The van der Waals surface area contributed by atoms with Crippen LogP contribution in [0.25, 0.3) is 16.5 Å². The number of benzene rings is 1. The van der Waals surface area contributed by atoms with Crippen LogP contribution in [0.15, 0.2) is 36.4 Å². The topological polar surface area (TPSA) is 82.8 Å². The van der Waals surface area contributed by atoms with E-state index in [2.05, 4.69) is 4.90 Å². The number of carboxylic acids is 1. The molecule has 2 aromatic rings. The number of Topliss-reactive ketones (excluding diaryl/α,β-unsaturated/α-hetero) is 1. The molecule has 0 radical (unpaired) electrons. The quantitative estimate of drug-likeness (QED) is 0.811. The van der Waals surface area contributed by atoms with E-state index in [1.54, 1.807) is 41.3 Å². The molecule has 8 heteroatoms. The number of rotatable bonds is 4. The zero-order valence-corrected chi connectivity index (χ0v) is 17.4. The number of allylic oxidation sites excluding steroid dienone is 4. The molecule has 1 aromatic heterocycles. The van der Waals surface area contributed by atoms with Crippen LogP contribution >= 0.6 is 11.6 Å². The number of fused-ring (bicyclic) bond motifs is 1. The van der Waals surface area contributed by atoms with E-state index in [-0.39, 0.29) is 30.3 Å². The van der Waals surface area contributed by atoms with Gasteiger partial charge in [0.25, 0.3) is 0 Å². The summed E-state index contributed by atoms with van der Waals surface area (Å²) in [5.41, 5.74) is 1.15. The molecular weight excluding hydrogens is 406 g/mol. The van der Waals surface area contributed by atoms with Crippen LogP contribution in [0, 0.1) is 0 Å². The molecular formula is C22H22ClN3O4. The van der Waals surface area contributed by atoms with Gasteiger partial charge >= 0.3 is 5.97 Å². The Morgan fingerprint density at radius 3 is 2.57 bits per heavy atom. The van der Waals surface area contributed by atoms with Crippen LogP contribution in [0.5, 0.6) is 0 Å². The van der Waals surface area contributed by atoms with Gasteiger partial charge in [-0.2, -0.15) is 0 Å². The van der Waals surface area contributed by atoms with Gasteiger partial charge in [0.05, 0.1) is 0 Å². The van der Waals surface area contributed by atoms with E-state index < -0.39 is 5.97 Å². The summed E-state index contributed by atoms with van der Waals surface area (Å²) in [7, 11) is 2.00. The first-order chi connectivity index (χ1) is 14.4. The molecule has 1 amide bonds. The van der Waals surface area contributed by atoms with E-state index in [0.29, 0.717) is 40.2 Å². The molecule has 4 rings (SSSR count). The molecule has 1 N–H and O–H groups in total. The average molecular weight is 428 g/mol. The van der Waals surface area contributed by atoms with Crippen molar-refractivity contribution in [2.45, 2.75) is 13.0 Å². The summed E-state index contributed by atoms with van der Waals surface area (Å²) in [5.74, 6) is -1.50. The van der Waals surface area contributed by atoms with Gasteiger partial charge in [0, 0.05) is 59.7 Å². The number of piperazine rings is 1. The van der Waals surface area contributed by atoms with Gasteiger partial charge in [-0.3, -0.25) is 9.59 Å². The molecule has 0 unspecified atom stereocenters. The molecule has 156 valence electrons. The van der Waals surface area contributed by atoms with Crippen molar-refractivity contribution in [3.8, 4) is 0 Å². The minimum absolute atomic E-state index is 0.0651. The number of nitrogens with zero attached hydrogens (tertiary/aromatic N) is 3. The van der Waals surface area contributed by atoms with Crippen molar-refractivity contribution in [3.63, 3.8) is 0 Å². The van der Waals surface area contributed by atoms with Gasteiger partial charge in [0.1, 0.15) is 12.2 Å². The second-order valence-electron chi connectivity index (χ2n) is 7.60. The number of halogens is 1. The summed E-state index contributed by atoms with van der Waals surface area (Å²) in [6.45, 7) is 2.64. The highest BCUT2D eigenvalue weighted by atomic mass is 35.5. The largest absolute Gasteiger partial charge is 0.477 e. The van der Waals surface area contributed by atoms with Crippen LogP contribution in [0.4, 0.5) is 0 Å². The first kappa shape index (κ1) is 20.4. The van der Waals surface area contributed by atoms with E-state index in [0.717, 1.165) is 13.1 Å². The Bertz CT molecular complexity index is 1110. The predicted octanol–water partition coefficient (Wildman–Crippen LogP) is 2.68. The fourth-order valence-corrected chi connectivity index (χ4v) is 4.21. The smallest absolute Gasteiger partial charge is 0.353 e. The second kappa shape index (κ2) is 8.08. The maximum atomic E-state index is 13.0. The number of hydrogen-bond donors (Lipinski definition) is 1. The lowest BCUT2D eigenvalue weighted by molar-refractivity contribution is -0.133. The summed E-state index contributed by atoms with van der Waals surface area (Å²) in [4.78, 5) is 41.8. The van der Waals surface area contributed by atoms with Crippen molar-refractivity contribution >= 4 is 45.7 Å². The number of carbonyl (C=O) groups excluding carboxylic acids is 2. The molecule has 1 aromatic carbocycles. The standard InChI is InChI=1S/C22H22ClN3O4/c1-24-8-10-25(11-9-24)19(28)13-26-17-7-6-14(23)12-16(17)20(21(26)22(29)30)15-4-2-3-5-18(15)27/h2-4,6-7,12H,5,8-11,13H2,1H3,(H,29,30). The van der Waals surface area contributed by atoms with E-state index >= 15 is 0 Å². The van der Waals surface area contributed by atoms with Crippen molar-refractivity contribution in [1.82, 2.24) is 14.4 Å². The minimum atomic E-state index is -1.19. The maximum Gasteiger partial charge on any atom is 0.353 e. The van der Waals surface area contributed by atoms with Crippen molar-refractivity contribution in [2.24, 2.45) is 0 Å². The number of likely N-dealkylation sites (N-methyl/N-ethyl adjacent to an activating group) is 1. The second-order valence-corrected chi connectivity index (χ2v) is 8.03. The molecule has 0 spiro atoms.